The Hall–Kier alpha value is -0.750. The lowest BCUT2D eigenvalue weighted by Gasteiger charge is -2.37. The zero-order chi connectivity index (χ0) is 16.9. The lowest BCUT2D eigenvalue weighted by Crippen LogP contribution is -2.48. The molecule has 3 saturated heterocycles. The molecule has 3 aliphatic heterocycles. The van der Waals surface area contributed by atoms with Gasteiger partial charge < -0.3 is 15.1 Å². The standard InChI is InChI=1S/C18H31N3O2S/c1-14-3-2-7-21(12-14)18(23)15-4-8-20(9-5-15)17(22)11-16-13-24-10-6-19-16/h14-16,19H,2-13H2,1H3. The molecular formula is C18H31N3O2S. The highest BCUT2D eigenvalue weighted by Crippen LogP contribution is 2.24. The van der Waals surface area contributed by atoms with E-state index in [0.717, 1.165) is 63.5 Å². The van der Waals surface area contributed by atoms with E-state index in [1.54, 1.807) is 0 Å². The first-order valence-corrected chi connectivity index (χ1v) is 10.7. The molecule has 2 amide bonds. The summed E-state index contributed by atoms with van der Waals surface area (Å²) in [4.78, 5) is 29.2. The third-order valence-electron chi connectivity index (χ3n) is 5.59. The number of rotatable bonds is 3. The Morgan fingerprint density at radius 3 is 2.58 bits per heavy atom. The van der Waals surface area contributed by atoms with Gasteiger partial charge in [-0.25, -0.2) is 0 Å². The fourth-order valence-corrected chi connectivity index (χ4v) is 5.06. The molecule has 6 heteroatoms. The van der Waals surface area contributed by atoms with Gasteiger partial charge in [0.05, 0.1) is 0 Å². The molecule has 0 bridgehead atoms. The summed E-state index contributed by atoms with van der Waals surface area (Å²) >= 11 is 1.93. The van der Waals surface area contributed by atoms with Gasteiger partial charge in [0.2, 0.25) is 11.8 Å². The first-order chi connectivity index (χ1) is 11.6. The van der Waals surface area contributed by atoms with Crippen LogP contribution in [-0.4, -0.2) is 71.9 Å². The van der Waals surface area contributed by atoms with Gasteiger partial charge in [0, 0.05) is 62.6 Å². The molecule has 0 saturated carbocycles. The van der Waals surface area contributed by atoms with Gasteiger partial charge in [0.25, 0.3) is 0 Å². The summed E-state index contributed by atoms with van der Waals surface area (Å²) in [6.45, 7) is 6.58. The van der Waals surface area contributed by atoms with E-state index in [0.29, 0.717) is 24.3 Å². The highest BCUT2D eigenvalue weighted by Gasteiger charge is 2.32. The van der Waals surface area contributed by atoms with Crippen molar-refractivity contribution in [1.29, 1.82) is 0 Å². The van der Waals surface area contributed by atoms with E-state index in [-0.39, 0.29) is 11.8 Å². The maximum absolute atomic E-state index is 12.7. The van der Waals surface area contributed by atoms with E-state index in [4.69, 9.17) is 0 Å². The van der Waals surface area contributed by atoms with Crippen molar-refractivity contribution in [1.82, 2.24) is 15.1 Å². The van der Waals surface area contributed by atoms with Gasteiger partial charge in [-0.15, -0.1) is 0 Å². The molecule has 0 aromatic carbocycles. The third kappa shape index (κ3) is 4.66. The molecule has 3 aliphatic rings. The molecule has 2 atom stereocenters. The number of thioether (sulfide) groups is 1. The molecule has 0 aliphatic carbocycles. The second-order valence-corrected chi connectivity index (χ2v) is 8.77. The Kier molecular flexibility index (Phi) is 6.44. The fourth-order valence-electron chi connectivity index (χ4n) is 4.11. The topological polar surface area (TPSA) is 52.7 Å². The SMILES string of the molecule is CC1CCCN(C(=O)C2CCN(C(=O)CC3CSCCN3)CC2)C1. The highest BCUT2D eigenvalue weighted by molar-refractivity contribution is 7.99. The largest absolute Gasteiger partial charge is 0.343 e. The van der Waals surface area contributed by atoms with Gasteiger partial charge in [-0.2, -0.15) is 11.8 Å². The molecule has 0 radical (unpaired) electrons. The Bertz CT molecular complexity index is 446. The van der Waals surface area contributed by atoms with Crippen LogP contribution in [0, 0.1) is 11.8 Å². The molecule has 1 N–H and O–H groups in total. The van der Waals surface area contributed by atoms with Crippen LogP contribution in [0.1, 0.15) is 39.0 Å². The molecule has 0 aromatic heterocycles. The first-order valence-electron chi connectivity index (χ1n) is 9.51. The summed E-state index contributed by atoms with van der Waals surface area (Å²) in [7, 11) is 0. The molecule has 0 aromatic rings. The molecule has 3 heterocycles. The number of nitrogens with zero attached hydrogens (tertiary/aromatic N) is 2. The van der Waals surface area contributed by atoms with Crippen molar-refractivity contribution in [3.05, 3.63) is 0 Å². The zero-order valence-electron chi connectivity index (χ0n) is 14.8. The summed E-state index contributed by atoms with van der Waals surface area (Å²) in [6, 6.07) is 0.324. The van der Waals surface area contributed by atoms with E-state index in [1.807, 2.05) is 16.7 Å². The van der Waals surface area contributed by atoms with Gasteiger partial charge in [-0.05, 0) is 31.6 Å². The maximum atomic E-state index is 12.7. The molecular weight excluding hydrogens is 322 g/mol. The van der Waals surface area contributed by atoms with Crippen molar-refractivity contribution in [2.24, 2.45) is 11.8 Å². The average Bonchev–Trinajstić information content (AvgIpc) is 2.62. The maximum Gasteiger partial charge on any atom is 0.225 e. The minimum Gasteiger partial charge on any atom is -0.343 e. The number of amides is 2. The highest BCUT2D eigenvalue weighted by atomic mass is 32.2. The van der Waals surface area contributed by atoms with Crippen LogP contribution in [0.5, 0.6) is 0 Å². The predicted molar refractivity (Wildman–Crippen MR) is 98.0 cm³/mol. The number of likely N-dealkylation sites (tertiary alicyclic amines) is 2. The molecule has 5 nitrogen and oxygen atoms in total. The Morgan fingerprint density at radius 2 is 1.92 bits per heavy atom. The van der Waals surface area contributed by atoms with Crippen molar-refractivity contribution in [3.8, 4) is 0 Å². The smallest absolute Gasteiger partial charge is 0.225 e. The van der Waals surface area contributed by atoms with Gasteiger partial charge in [0.1, 0.15) is 0 Å². The van der Waals surface area contributed by atoms with Crippen molar-refractivity contribution < 1.29 is 9.59 Å². The number of nitrogens with one attached hydrogen (secondary N) is 1. The van der Waals surface area contributed by atoms with Crippen LogP contribution < -0.4 is 5.32 Å². The molecule has 136 valence electrons. The van der Waals surface area contributed by atoms with Crippen molar-refractivity contribution in [3.63, 3.8) is 0 Å². The molecule has 3 rings (SSSR count). The average molecular weight is 354 g/mol. The molecule has 3 fully saturated rings. The number of hydrogen-bond donors (Lipinski definition) is 1. The Balaban J connectivity index is 1.43. The second kappa shape index (κ2) is 8.56. The van der Waals surface area contributed by atoms with Gasteiger partial charge in [-0.1, -0.05) is 6.92 Å². The number of piperidine rings is 2. The quantitative estimate of drug-likeness (QED) is 0.837. The minimum atomic E-state index is 0.128. The predicted octanol–water partition coefficient (Wildman–Crippen LogP) is 1.58. The van der Waals surface area contributed by atoms with Gasteiger partial charge in [0.15, 0.2) is 0 Å². The monoisotopic (exact) mass is 353 g/mol. The van der Waals surface area contributed by atoms with Gasteiger partial charge >= 0.3 is 0 Å². The normalized spacial score (nSPS) is 29.5. The van der Waals surface area contributed by atoms with E-state index in [2.05, 4.69) is 17.1 Å². The third-order valence-corrected chi connectivity index (χ3v) is 6.72. The molecule has 2 unspecified atom stereocenters. The zero-order valence-corrected chi connectivity index (χ0v) is 15.7. The lowest BCUT2D eigenvalue weighted by molar-refractivity contribution is -0.142. The van der Waals surface area contributed by atoms with Crippen molar-refractivity contribution >= 4 is 23.6 Å². The van der Waals surface area contributed by atoms with Crippen LogP contribution in [0.3, 0.4) is 0 Å². The van der Waals surface area contributed by atoms with Crippen LogP contribution in [-0.2, 0) is 9.59 Å². The minimum absolute atomic E-state index is 0.128. The van der Waals surface area contributed by atoms with Crippen LogP contribution in [0.2, 0.25) is 0 Å². The van der Waals surface area contributed by atoms with E-state index in [9.17, 15) is 9.59 Å². The van der Waals surface area contributed by atoms with Crippen LogP contribution in [0.4, 0.5) is 0 Å². The fraction of sp³-hybridized carbons (Fsp3) is 0.889. The number of hydrogen-bond acceptors (Lipinski definition) is 4. The van der Waals surface area contributed by atoms with Crippen molar-refractivity contribution in [2.45, 2.75) is 45.1 Å². The number of carbonyl (C=O) groups is 2. The Labute approximate surface area is 149 Å². The summed E-state index contributed by atoms with van der Waals surface area (Å²) in [5.41, 5.74) is 0. The molecule has 24 heavy (non-hydrogen) atoms. The van der Waals surface area contributed by atoms with E-state index in [1.165, 1.54) is 6.42 Å². The summed E-state index contributed by atoms with van der Waals surface area (Å²) in [6.07, 6.45) is 4.65. The van der Waals surface area contributed by atoms with Gasteiger partial charge in [-0.3, -0.25) is 9.59 Å². The van der Waals surface area contributed by atoms with E-state index < -0.39 is 0 Å². The summed E-state index contributed by atoms with van der Waals surface area (Å²) in [5.74, 6) is 3.53. The van der Waals surface area contributed by atoms with Crippen LogP contribution in [0.25, 0.3) is 0 Å². The van der Waals surface area contributed by atoms with Crippen LogP contribution in [0.15, 0.2) is 0 Å². The number of carbonyl (C=O) groups excluding carboxylic acids is 2. The molecule has 0 spiro atoms. The summed E-state index contributed by atoms with van der Waals surface area (Å²) < 4.78 is 0. The van der Waals surface area contributed by atoms with E-state index >= 15 is 0 Å². The first kappa shape index (κ1) is 18.1. The second-order valence-electron chi connectivity index (χ2n) is 7.62. The summed E-state index contributed by atoms with van der Waals surface area (Å²) in [5, 5.41) is 3.43. The lowest BCUT2D eigenvalue weighted by atomic mass is 9.92. The Morgan fingerprint density at radius 1 is 1.12 bits per heavy atom. The van der Waals surface area contributed by atoms with Crippen LogP contribution >= 0.6 is 11.8 Å². The van der Waals surface area contributed by atoms with Crippen molar-refractivity contribution in [2.75, 3.05) is 44.2 Å².